The summed E-state index contributed by atoms with van der Waals surface area (Å²) in [5.74, 6) is 0. The Morgan fingerprint density at radius 2 is 1.74 bits per heavy atom. The monoisotopic (exact) mass is 338 g/mol. The second kappa shape index (κ2) is 6.09. The first-order valence-electron chi connectivity index (χ1n) is 8.02. The van der Waals surface area contributed by atoms with E-state index >= 15 is 0 Å². The van der Waals surface area contributed by atoms with Crippen LogP contribution in [0.1, 0.15) is 45.6 Å². The molecule has 1 fully saturated rings. The second-order valence-corrected chi connectivity index (χ2v) is 8.17. The second-order valence-electron chi connectivity index (χ2n) is 6.23. The first-order chi connectivity index (χ1) is 10.9. The van der Waals surface area contributed by atoms with E-state index in [0.29, 0.717) is 18.7 Å². The van der Waals surface area contributed by atoms with Crippen molar-refractivity contribution in [3.8, 4) is 0 Å². The molecule has 23 heavy (non-hydrogen) atoms. The zero-order valence-corrected chi connectivity index (χ0v) is 14.3. The predicted molar refractivity (Wildman–Crippen MR) is 87.1 cm³/mol. The van der Waals surface area contributed by atoms with Crippen molar-refractivity contribution in [3.63, 3.8) is 0 Å². The molecule has 3 heterocycles. The highest BCUT2D eigenvalue weighted by atomic mass is 32.2. The van der Waals surface area contributed by atoms with Gasteiger partial charge in [0.15, 0.2) is 5.65 Å². The molecule has 7 nitrogen and oxygen atoms in total. The van der Waals surface area contributed by atoms with Gasteiger partial charge >= 0.3 is 5.69 Å². The van der Waals surface area contributed by atoms with Gasteiger partial charge in [0, 0.05) is 19.3 Å². The van der Waals surface area contributed by atoms with Crippen LogP contribution in [0.5, 0.6) is 0 Å². The summed E-state index contributed by atoms with van der Waals surface area (Å²) in [6.07, 6.45) is 5.28. The summed E-state index contributed by atoms with van der Waals surface area (Å²) in [5.41, 5.74) is 0.140. The topological polar surface area (TPSA) is 76.7 Å². The Hall–Kier alpha value is -1.67. The predicted octanol–water partition coefficient (Wildman–Crippen LogP) is 1.64. The first kappa shape index (κ1) is 16.2. The highest BCUT2D eigenvalue weighted by Gasteiger charge is 2.26. The maximum absolute atomic E-state index is 12.8. The number of aromatic nitrogens is 3. The van der Waals surface area contributed by atoms with E-state index in [-0.39, 0.29) is 16.6 Å². The van der Waals surface area contributed by atoms with Crippen LogP contribution in [0.2, 0.25) is 0 Å². The lowest BCUT2D eigenvalue weighted by Crippen LogP contribution is -2.32. The van der Waals surface area contributed by atoms with Gasteiger partial charge in [0.1, 0.15) is 0 Å². The van der Waals surface area contributed by atoms with Gasteiger partial charge in [0.2, 0.25) is 10.0 Å². The molecular weight excluding hydrogens is 316 g/mol. The van der Waals surface area contributed by atoms with Crippen molar-refractivity contribution < 1.29 is 8.42 Å². The summed E-state index contributed by atoms with van der Waals surface area (Å²) < 4.78 is 29.8. The first-order valence-corrected chi connectivity index (χ1v) is 9.46. The Morgan fingerprint density at radius 3 is 2.35 bits per heavy atom. The molecular formula is C15H22N4O3S. The highest BCUT2D eigenvalue weighted by Crippen LogP contribution is 2.20. The summed E-state index contributed by atoms with van der Waals surface area (Å²) in [4.78, 5) is 12.5. The van der Waals surface area contributed by atoms with Gasteiger partial charge in [-0.25, -0.2) is 22.3 Å². The van der Waals surface area contributed by atoms with Gasteiger partial charge < -0.3 is 0 Å². The van der Waals surface area contributed by atoms with Gasteiger partial charge in [-0.2, -0.15) is 4.31 Å². The Kier molecular flexibility index (Phi) is 4.29. The fourth-order valence-electron chi connectivity index (χ4n) is 2.89. The van der Waals surface area contributed by atoms with Gasteiger partial charge in [0.25, 0.3) is 0 Å². The Bertz CT molecular complexity index is 858. The molecule has 8 heteroatoms. The number of nitrogens with zero attached hydrogens (tertiary/aromatic N) is 4. The molecule has 1 saturated heterocycles. The van der Waals surface area contributed by atoms with Crippen molar-refractivity contribution in [2.24, 2.45) is 0 Å². The van der Waals surface area contributed by atoms with E-state index in [1.807, 2.05) is 13.8 Å². The highest BCUT2D eigenvalue weighted by molar-refractivity contribution is 7.89. The van der Waals surface area contributed by atoms with Gasteiger partial charge in [-0.1, -0.05) is 12.8 Å². The molecule has 0 saturated carbocycles. The SMILES string of the molecule is CC(C)n1nc2ccc(S(=O)(=O)N3CCCCCC3)cn2c1=O. The number of pyridine rings is 1. The third-order valence-corrected chi connectivity index (χ3v) is 6.09. The van der Waals surface area contributed by atoms with Crippen LogP contribution in [0.4, 0.5) is 0 Å². The zero-order valence-electron chi connectivity index (χ0n) is 13.5. The summed E-state index contributed by atoms with van der Waals surface area (Å²) in [6.45, 7) is 4.81. The van der Waals surface area contributed by atoms with Crippen LogP contribution >= 0.6 is 0 Å². The van der Waals surface area contributed by atoms with Crippen molar-refractivity contribution in [3.05, 3.63) is 28.8 Å². The molecule has 0 aromatic carbocycles. The number of fused-ring (bicyclic) bond motifs is 1. The molecule has 0 N–H and O–H groups in total. The third kappa shape index (κ3) is 2.92. The summed E-state index contributed by atoms with van der Waals surface area (Å²) in [5, 5.41) is 4.22. The van der Waals surface area contributed by atoms with Crippen LogP contribution in [0.15, 0.2) is 28.0 Å². The van der Waals surface area contributed by atoms with Crippen molar-refractivity contribution in [1.29, 1.82) is 0 Å². The molecule has 2 aromatic rings. The maximum Gasteiger partial charge on any atom is 0.350 e. The van der Waals surface area contributed by atoms with E-state index in [0.717, 1.165) is 25.7 Å². The standard InChI is InChI=1S/C15H22N4O3S/c1-12(2)19-15(20)18-11-13(7-8-14(18)16-19)23(21,22)17-9-5-3-4-6-10-17/h7-8,11-12H,3-6,9-10H2,1-2H3. The molecule has 126 valence electrons. The molecule has 0 radical (unpaired) electrons. The number of hydrogen-bond donors (Lipinski definition) is 0. The van der Waals surface area contributed by atoms with E-state index in [9.17, 15) is 13.2 Å². The van der Waals surface area contributed by atoms with E-state index < -0.39 is 10.0 Å². The van der Waals surface area contributed by atoms with E-state index in [1.54, 1.807) is 6.07 Å². The molecule has 3 rings (SSSR count). The third-order valence-electron chi connectivity index (χ3n) is 4.20. The van der Waals surface area contributed by atoms with E-state index in [4.69, 9.17) is 0 Å². The van der Waals surface area contributed by atoms with Gasteiger partial charge in [-0.15, -0.1) is 5.10 Å². The van der Waals surface area contributed by atoms with Gasteiger partial charge in [-0.05, 0) is 38.8 Å². The summed E-state index contributed by atoms with van der Waals surface area (Å²) in [6, 6.07) is 3.05. The Balaban J connectivity index is 2.05. The molecule has 2 aromatic heterocycles. The van der Waals surface area contributed by atoms with Crippen molar-refractivity contribution in [1.82, 2.24) is 18.5 Å². The van der Waals surface area contributed by atoms with E-state index in [2.05, 4.69) is 5.10 Å². The lowest BCUT2D eigenvalue weighted by molar-refractivity contribution is 0.423. The van der Waals surface area contributed by atoms with Crippen LogP contribution in [0, 0.1) is 0 Å². The number of hydrogen-bond acceptors (Lipinski definition) is 4. The average Bonchev–Trinajstić information content (AvgIpc) is 2.70. The number of rotatable bonds is 3. The van der Waals surface area contributed by atoms with Gasteiger partial charge in [-0.3, -0.25) is 0 Å². The Labute approximate surface area is 135 Å². The minimum Gasteiger partial charge on any atom is -0.249 e. The molecule has 0 atom stereocenters. The average molecular weight is 338 g/mol. The smallest absolute Gasteiger partial charge is 0.249 e. The Morgan fingerprint density at radius 1 is 1.09 bits per heavy atom. The van der Waals surface area contributed by atoms with Crippen LogP contribution in [-0.4, -0.2) is 40.0 Å². The largest absolute Gasteiger partial charge is 0.350 e. The lowest BCUT2D eigenvalue weighted by atomic mass is 10.2. The van der Waals surface area contributed by atoms with Crippen LogP contribution in [0.3, 0.4) is 0 Å². The minimum atomic E-state index is -3.57. The number of sulfonamides is 1. The van der Waals surface area contributed by atoms with Crippen molar-refractivity contribution in [2.75, 3.05) is 13.1 Å². The fraction of sp³-hybridized carbons (Fsp3) is 0.600. The summed E-state index contributed by atoms with van der Waals surface area (Å²) >= 11 is 0. The van der Waals surface area contributed by atoms with Crippen molar-refractivity contribution in [2.45, 2.75) is 50.5 Å². The lowest BCUT2D eigenvalue weighted by Gasteiger charge is -2.19. The van der Waals surface area contributed by atoms with Crippen LogP contribution in [-0.2, 0) is 10.0 Å². The molecule has 1 aliphatic rings. The fourth-order valence-corrected chi connectivity index (χ4v) is 4.41. The minimum absolute atomic E-state index is 0.0759. The normalized spacial score (nSPS) is 17.7. The van der Waals surface area contributed by atoms with Crippen LogP contribution < -0.4 is 5.69 Å². The quantitative estimate of drug-likeness (QED) is 0.852. The molecule has 0 amide bonds. The summed E-state index contributed by atoms with van der Waals surface area (Å²) in [7, 11) is -3.57. The molecule has 0 aliphatic carbocycles. The molecule has 1 aliphatic heterocycles. The van der Waals surface area contributed by atoms with Crippen molar-refractivity contribution >= 4 is 15.7 Å². The maximum atomic E-state index is 12.8. The van der Waals surface area contributed by atoms with E-state index in [1.165, 1.54) is 25.7 Å². The molecule has 0 bridgehead atoms. The van der Waals surface area contributed by atoms with Crippen LogP contribution in [0.25, 0.3) is 5.65 Å². The molecule has 0 spiro atoms. The van der Waals surface area contributed by atoms with Gasteiger partial charge in [0.05, 0.1) is 10.9 Å². The zero-order chi connectivity index (χ0) is 16.6. The molecule has 0 unspecified atom stereocenters.